The summed E-state index contributed by atoms with van der Waals surface area (Å²) in [5, 5.41) is 7.07. The van der Waals surface area contributed by atoms with Gasteiger partial charge in [-0.05, 0) is 57.1 Å². The van der Waals surface area contributed by atoms with Gasteiger partial charge < -0.3 is 9.32 Å². The van der Waals surface area contributed by atoms with Gasteiger partial charge in [-0.15, -0.1) is 0 Å². The molecule has 0 unspecified atom stereocenters. The molecular formula is C44H29NO. The summed E-state index contributed by atoms with van der Waals surface area (Å²) >= 11 is 0. The Labute approximate surface area is 267 Å². The Bertz CT molecular complexity index is 2510. The van der Waals surface area contributed by atoms with Gasteiger partial charge in [0.05, 0.1) is 11.4 Å². The number of nitrogens with zero attached hydrogens (tertiary/aromatic N) is 1. The maximum Gasteiger partial charge on any atom is 0.159 e. The lowest BCUT2D eigenvalue weighted by atomic mass is 9.98. The molecule has 8 aromatic carbocycles. The summed E-state index contributed by atoms with van der Waals surface area (Å²) in [5.41, 5.74) is 9.56. The SMILES string of the molecule is c1ccc(-c2ccc(N(c3cc4ccccc4c4ccccc34)c3cccc4c3oc3c(-c5ccccc5)cccc34)cc2)cc1. The third-order valence-corrected chi connectivity index (χ3v) is 9.05. The summed E-state index contributed by atoms with van der Waals surface area (Å²) in [5.74, 6) is 0. The lowest BCUT2D eigenvalue weighted by molar-refractivity contribution is 0.670. The van der Waals surface area contributed by atoms with E-state index in [1.165, 1.54) is 32.7 Å². The molecule has 2 nitrogen and oxygen atoms in total. The van der Waals surface area contributed by atoms with E-state index in [0.29, 0.717) is 0 Å². The Morgan fingerprint density at radius 2 is 0.913 bits per heavy atom. The number of fused-ring (bicyclic) bond motifs is 6. The molecule has 9 rings (SSSR count). The molecule has 0 spiro atoms. The Kier molecular flexibility index (Phi) is 6.17. The lowest BCUT2D eigenvalue weighted by Gasteiger charge is -2.27. The molecule has 0 aliphatic carbocycles. The normalized spacial score (nSPS) is 11.5. The molecule has 0 saturated carbocycles. The number of rotatable bonds is 5. The van der Waals surface area contributed by atoms with E-state index in [2.05, 4.69) is 181 Å². The van der Waals surface area contributed by atoms with Gasteiger partial charge in [0.2, 0.25) is 0 Å². The van der Waals surface area contributed by atoms with Crippen LogP contribution in [-0.2, 0) is 0 Å². The quantitative estimate of drug-likeness (QED) is 0.186. The minimum absolute atomic E-state index is 0.866. The number of hydrogen-bond donors (Lipinski definition) is 0. The van der Waals surface area contributed by atoms with Crippen LogP contribution in [0, 0.1) is 0 Å². The van der Waals surface area contributed by atoms with E-state index < -0.39 is 0 Å². The third kappa shape index (κ3) is 4.27. The molecule has 0 aliphatic rings. The fraction of sp³-hybridized carbons (Fsp3) is 0. The molecule has 1 aromatic heterocycles. The molecule has 0 aliphatic heterocycles. The van der Waals surface area contributed by atoms with Gasteiger partial charge in [0.25, 0.3) is 0 Å². The second-order valence-corrected chi connectivity index (χ2v) is 11.7. The molecular weight excluding hydrogens is 558 g/mol. The van der Waals surface area contributed by atoms with Crippen molar-refractivity contribution in [3.63, 3.8) is 0 Å². The maximum atomic E-state index is 6.94. The number of furan rings is 1. The van der Waals surface area contributed by atoms with Crippen LogP contribution in [-0.4, -0.2) is 0 Å². The molecule has 0 bridgehead atoms. The van der Waals surface area contributed by atoms with Gasteiger partial charge in [0.1, 0.15) is 5.58 Å². The van der Waals surface area contributed by atoms with E-state index in [1.54, 1.807) is 0 Å². The average molecular weight is 588 g/mol. The molecule has 0 saturated heterocycles. The molecule has 0 radical (unpaired) electrons. The van der Waals surface area contributed by atoms with Gasteiger partial charge in [-0.3, -0.25) is 0 Å². The van der Waals surface area contributed by atoms with Crippen LogP contribution in [0.4, 0.5) is 17.1 Å². The van der Waals surface area contributed by atoms with Crippen LogP contribution in [0.15, 0.2) is 180 Å². The largest absolute Gasteiger partial charge is 0.453 e. The lowest BCUT2D eigenvalue weighted by Crippen LogP contribution is -2.11. The van der Waals surface area contributed by atoms with Crippen molar-refractivity contribution >= 4 is 60.5 Å². The smallest absolute Gasteiger partial charge is 0.159 e. The monoisotopic (exact) mass is 587 g/mol. The highest BCUT2D eigenvalue weighted by atomic mass is 16.3. The molecule has 0 amide bonds. The summed E-state index contributed by atoms with van der Waals surface area (Å²) in [6, 6.07) is 62.6. The standard InChI is InChI=1S/C44H29NO/c1-3-13-30(14-4-1)31-25-27-34(28-26-31)45(42-29-33-17-7-8-18-35(33)37-19-9-10-20-38(37)42)41-24-12-23-40-39-22-11-21-36(43(39)46-44(40)41)32-15-5-2-6-16-32/h1-29H. The molecule has 9 aromatic rings. The van der Waals surface area contributed by atoms with Gasteiger partial charge in [-0.25, -0.2) is 0 Å². The zero-order chi connectivity index (χ0) is 30.5. The minimum atomic E-state index is 0.866. The number of anilines is 3. The van der Waals surface area contributed by atoms with Crippen LogP contribution < -0.4 is 4.90 Å². The topological polar surface area (TPSA) is 16.4 Å². The van der Waals surface area contributed by atoms with Crippen molar-refractivity contribution in [2.45, 2.75) is 0 Å². The van der Waals surface area contributed by atoms with E-state index >= 15 is 0 Å². The molecule has 0 fully saturated rings. The Morgan fingerprint density at radius 1 is 0.348 bits per heavy atom. The third-order valence-electron chi connectivity index (χ3n) is 9.05. The molecule has 216 valence electrons. The van der Waals surface area contributed by atoms with E-state index in [-0.39, 0.29) is 0 Å². The maximum absolute atomic E-state index is 6.94. The van der Waals surface area contributed by atoms with Crippen LogP contribution >= 0.6 is 0 Å². The Hall–Kier alpha value is -6.12. The first-order chi connectivity index (χ1) is 22.8. The van der Waals surface area contributed by atoms with Gasteiger partial charge in [-0.2, -0.15) is 0 Å². The van der Waals surface area contributed by atoms with Crippen molar-refractivity contribution in [1.82, 2.24) is 0 Å². The highest BCUT2D eigenvalue weighted by Crippen LogP contribution is 2.47. The van der Waals surface area contributed by atoms with Crippen LogP contribution in [0.2, 0.25) is 0 Å². The zero-order valence-corrected chi connectivity index (χ0v) is 25.1. The van der Waals surface area contributed by atoms with E-state index in [4.69, 9.17) is 4.42 Å². The van der Waals surface area contributed by atoms with Crippen molar-refractivity contribution in [1.29, 1.82) is 0 Å². The van der Waals surface area contributed by atoms with Gasteiger partial charge in [0.15, 0.2) is 5.58 Å². The first-order valence-corrected chi connectivity index (χ1v) is 15.7. The molecule has 2 heteroatoms. The van der Waals surface area contributed by atoms with Crippen molar-refractivity contribution in [2.75, 3.05) is 4.90 Å². The second kappa shape index (κ2) is 10.8. The molecule has 0 atom stereocenters. The van der Waals surface area contributed by atoms with E-state index in [1.807, 2.05) is 0 Å². The van der Waals surface area contributed by atoms with Crippen molar-refractivity contribution in [2.24, 2.45) is 0 Å². The second-order valence-electron chi connectivity index (χ2n) is 11.7. The van der Waals surface area contributed by atoms with Gasteiger partial charge in [-0.1, -0.05) is 152 Å². The van der Waals surface area contributed by atoms with Crippen LogP contribution in [0.5, 0.6) is 0 Å². The summed E-state index contributed by atoms with van der Waals surface area (Å²) in [6.07, 6.45) is 0. The predicted octanol–water partition coefficient (Wildman–Crippen LogP) is 12.7. The Morgan fingerprint density at radius 3 is 1.67 bits per heavy atom. The van der Waals surface area contributed by atoms with Gasteiger partial charge >= 0.3 is 0 Å². The van der Waals surface area contributed by atoms with Gasteiger partial charge in [0, 0.05) is 27.4 Å². The zero-order valence-electron chi connectivity index (χ0n) is 25.1. The van der Waals surface area contributed by atoms with E-state index in [0.717, 1.165) is 50.1 Å². The first-order valence-electron chi connectivity index (χ1n) is 15.7. The first kappa shape index (κ1) is 26.3. The Balaban J connectivity index is 1.33. The predicted molar refractivity (Wildman–Crippen MR) is 194 cm³/mol. The fourth-order valence-electron chi connectivity index (χ4n) is 6.89. The van der Waals surface area contributed by atoms with Crippen molar-refractivity contribution in [3.8, 4) is 22.3 Å². The molecule has 46 heavy (non-hydrogen) atoms. The summed E-state index contributed by atoms with van der Waals surface area (Å²) in [7, 11) is 0. The average Bonchev–Trinajstić information content (AvgIpc) is 3.53. The minimum Gasteiger partial charge on any atom is -0.453 e. The highest BCUT2D eigenvalue weighted by Gasteiger charge is 2.22. The summed E-state index contributed by atoms with van der Waals surface area (Å²) < 4.78 is 6.94. The van der Waals surface area contributed by atoms with Crippen molar-refractivity contribution < 1.29 is 4.42 Å². The number of hydrogen-bond acceptors (Lipinski definition) is 2. The number of para-hydroxylation sites is 2. The van der Waals surface area contributed by atoms with Crippen LogP contribution in [0.1, 0.15) is 0 Å². The van der Waals surface area contributed by atoms with Crippen LogP contribution in [0.25, 0.3) is 65.7 Å². The molecule has 1 heterocycles. The fourth-order valence-corrected chi connectivity index (χ4v) is 6.89. The highest BCUT2D eigenvalue weighted by molar-refractivity contribution is 6.17. The van der Waals surface area contributed by atoms with Crippen LogP contribution in [0.3, 0.4) is 0 Å². The van der Waals surface area contributed by atoms with E-state index in [9.17, 15) is 0 Å². The number of benzene rings is 8. The van der Waals surface area contributed by atoms with Crippen molar-refractivity contribution in [3.05, 3.63) is 176 Å². The summed E-state index contributed by atoms with van der Waals surface area (Å²) in [4.78, 5) is 2.37. The summed E-state index contributed by atoms with van der Waals surface area (Å²) in [6.45, 7) is 0. The molecule has 0 N–H and O–H groups in total.